The highest BCUT2D eigenvalue weighted by Gasteiger charge is 2.21. The summed E-state index contributed by atoms with van der Waals surface area (Å²) in [5, 5.41) is 11.9. The Balaban J connectivity index is 1.98. The monoisotopic (exact) mass is 371 g/mol. The Labute approximate surface area is 150 Å². The lowest BCUT2D eigenvalue weighted by Gasteiger charge is -2.05. The van der Waals surface area contributed by atoms with Crippen molar-refractivity contribution in [2.75, 3.05) is 13.4 Å². The van der Waals surface area contributed by atoms with Crippen LogP contribution in [0.5, 0.6) is 0 Å². The molecule has 0 saturated heterocycles. The van der Waals surface area contributed by atoms with Crippen molar-refractivity contribution in [3.05, 3.63) is 40.1 Å². The minimum atomic E-state index is -0.524. The maximum absolute atomic E-state index is 12.8. The summed E-state index contributed by atoms with van der Waals surface area (Å²) in [7, 11) is 1.30. The first-order valence-corrected chi connectivity index (χ1v) is 8.72. The van der Waals surface area contributed by atoms with Gasteiger partial charge in [-0.3, -0.25) is 9.36 Å². The number of nitrogens with one attached hydrogen (secondary N) is 1. The second-order valence-electron chi connectivity index (χ2n) is 5.38. The number of carbonyl (C=O) groups is 1. The van der Waals surface area contributed by atoms with Gasteiger partial charge in [0.2, 0.25) is 11.1 Å². The van der Waals surface area contributed by atoms with E-state index >= 15 is 0 Å². The van der Waals surface area contributed by atoms with Gasteiger partial charge in [-0.05, 0) is 19.2 Å². The SMILES string of the molecule is COC(=O)c1c(C)nn2c1ncc1c(=O)n(-c3nc(SC)n[nH]3)ccc12. The molecule has 0 unspecified atom stereocenters. The summed E-state index contributed by atoms with van der Waals surface area (Å²) in [6.07, 6.45) is 4.84. The van der Waals surface area contributed by atoms with Gasteiger partial charge in [0.25, 0.3) is 5.56 Å². The van der Waals surface area contributed by atoms with E-state index in [1.54, 1.807) is 19.2 Å². The van der Waals surface area contributed by atoms with Crippen LogP contribution in [0.25, 0.3) is 22.5 Å². The molecular formula is C15H13N7O3S. The third-order valence-corrected chi connectivity index (χ3v) is 4.49. The van der Waals surface area contributed by atoms with Crippen LogP contribution in [-0.4, -0.2) is 53.7 Å². The van der Waals surface area contributed by atoms with Crippen molar-refractivity contribution in [3.8, 4) is 5.95 Å². The Bertz CT molecular complexity index is 1220. The number of carbonyl (C=O) groups excluding carboxylic acids is 1. The number of hydrogen-bond acceptors (Lipinski definition) is 8. The molecule has 0 amide bonds. The molecule has 4 aromatic rings. The lowest BCUT2D eigenvalue weighted by Crippen LogP contribution is -2.20. The zero-order chi connectivity index (χ0) is 18.4. The number of fused-ring (bicyclic) bond motifs is 3. The van der Waals surface area contributed by atoms with Gasteiger partial charge in [-0.25, -0.2) is 19.4 Å². The van der Waals surface area contributed by atoms with Gasteiger partial charge in [0.15, 0.2) is 5.65 Å². The summed E-state index contributed by atoms with van der Waals surface area (Å²) in [5.74, 6) is -0.211. The molecule has 11 heteroatoms. The van der Waals surface area contributed by atoms with Crippen LogP contribution < -0.4 is 5.56 Å². The molecule has 0 aliphatic carbocycles. The molecular weight excluding hydrogens is 358 g/mol. The van der Waals surface area contributed by atoms with Crippen molar-refractivity contribution in [3.63, 3.8) is 0 Å². The van der Waals surface area contributed by atoms with E-state index in [2.05, 4.69) is 25.3 Å². The molecule has 4 aromatic heterocycles. The fourth-order valence-electron chi connectivity index (χ4n) is 2.72. The van der Waals surface area contributed by atoms with Crippen molar-refractivity contribution in [1.82, 2.24) is 34.3 Å². The normalized spacial score (nSPS) is 11.3. The fourth-order valence-corrected chi connectivity index (χ4v) is 3.04. The number of ether oxygens (including phenoxy) is 1. The van der Waals surface area contributed by atoms with Gasteiger partial charge in [-0.2, -0.15) is 10.1 Å². The summed E-state index contributed by atoms with van der Waals surface area (Å²) in [4.78, 5) is 33.3. The van der Waals surface area contributed by atoms with E-state index in [4.69, 9.17) is 4.74 Å². The molecule has 0 aromatic carbocycles. The van der Waals surface area contributed by atoms with Gasteiger partial charge in [0, 0.05) is 12.4 Å². The number of aryl methyl sites for hydroxylation is 1. The highest BCUT2D eigenvalue weighted by Crippen LogP contribution is 2.19. The number of rotatable bonds is 3. The van der Waals surface area contributed by atoms with Crippen LogP contribution in [0.2, 0.25) is 0 Å². The van der Waals surface area contributed by atoms with Crippen LogP contribution in [0, 0.1) is 6.92 Å². The number of nitrogens with zero attached hydrogens (tertiary/aromatic N) is 6. The molecule has 0 atom stereocenters. The smallest absolute Gasteiger partial charge is 0.343 e. The van der Waals surface area contributed by atoms with Crippen molar-refractivity contribution in [2.45, 2.75) is 12.1 Å². The quantitative estimate of drug-likeness (QED) is 0.418. The van der Waals surface area contributed by atoms with E-state index in [0.29, 0.717) is 33.3 Å². The number of hydrogen-bond donors (Lipinski definition) is 1. The van der Waals surface area contributed by atoms with Crippen LogP contribution in [0.3, 0.4) is 0 Å². The molecule has 10 nitrogen and oxygen atoms in total. The second-order valence-corrected chi connectivity index (χ2v) is 6.15. The van der Waals surface area contributed by atoms with Gasteiger partial charge < -0.3 is 4.74 Å². The van der Waals surface area contributed by atoms with Gasteiger partial charge in [-0.15, -0.1) is 5.10 Å². The highest BCUT2D eigenvalue weighted by molar-refractivity contribution is 7.98. The largest absolute Gasteiger partial charge is 0.465 e. The van der Waals surface area contributed by atoms with E-state index in [-0.39, 0.29) is 11.1 Å². The third kappa shape index (κ3) is 2.28. The van der Waals surface area contributed by atoms with Gasteiger partial charge in [-0.1, -0.05) is 11.8 Å². The highest BCUT2D eigenvalue weighted by atomic mass is 32.2. The zero-order valence-electron chi connectivity index (χ0n) is 14.0. The average Bonchev–Trinajstić information content (AvgIpc) is 3.25. The first-order valence-electron chi connectivity index (χ1n) is 7.50. The molecule has 1 N–H and O–H groups in total. The average molecular weight is 371 g/mol. The number of aromatic nitrogens is 7. The van der Waals surface area contributed by atoms with Crippen LogP contribution in [0.1, 0.15) is 16.1 Å². The van der Waals surface area contributed by atoms with Crippen LogP contribution in [-0.2, 0) is 4.74 Å². The van der Waals surface area contributed by atoms with Gasteiger partial charge >= 0.3 is 5.97 Å². The molecule has 4 rings (SSSR count). The molecule has 132 valence electrons. The van der Waals surface area contributed by atoms with Crippen LogP contribution in [0.15, 0.2) is 28.4 Å². The third-order valence-electron chi connectivity index (χ3n) is 3.94. The number of methoxy groups -OCH3 is 1. The maximum Gasteiger partial charge on any atom is 0.343 e. The van der Waals surface area contributed by atoms with E-state index in [1.165, 1.54) is 34.2 Å². The summed E-state index contributed by atoms with van der Waals surface area (Å²) in [5.41, 5.74) is 1.29. The van der Waals surface area contributed by atoms with Crippen molar-refractivity contribution in [1.29, 1.82) is 0 Å². The fraction of sp³-hybridized carbons (Fsp3) is 0.200. The Kier molecular flexibility index (Phi) is 3.72. The molecule has 4 heterocycles. The molecule has 0 aliphatic heterocycles. The first-order chi connectivity index (χ1) is 12.5. The zero-order valence-corrected chi connectivity index (χ0v) is 14.9. The maximum atomic E-state index is 12.8. The van der Waals surface area contributed by atoms with Crippen LogP contribution >= 0.6 is 11.8 Å². The van der Waals surface area contributed by atoms with E-state index in [9.17, 15) is 9.59 Å². The second kappa shape index (κ2) is 5.95. The lowest BCUT2D eigenvalue weighted by atomic mass is 10.2. The van der Waals surface area contributed by atoms with Gasteiger partial charge in [0.1, 0.15) is 5.56 Å². The Hall–Kier alpha value is -3.21. The topological polar surface area (TPSA) is 120 Å². The minimum Gasteiger partial charge on any atom is -0.465 e. The minimum absolute atomic E-state index is 0.276. The number of aromatic amines is 1. The summed E-state index contributed by atoms with van der Waals surface area (Å²) >= 11 is 1.37. The van der Waals surface area contributed by atoms with Gasteiger partial charge in [0.05, 0.1) is 23.7 Å². The summed E-state index contributed by atoms with van der Waals surface area (Å²) in [6, 6.07) is 1.71. The van der Waals surface area contributed by atoms with Crippen molar-refractivity contribution < 1.29 is 9.53 Å². The van der Waals surface area contributed by atoms with Crippen LogP contribution in [0.4, 0.5) is 0 Å². The molecule has 0 aliphatic rings. The Morgan fingerprint density at radius 3 is 2.88 bits per heavy atom. The summed E-state index contributed by atoms with van der Waals surface area (Å²) < 4.78 is 7.61. The van der Waals surface area contributed by atoms with Crippen molar-refractivity contribution in [2.24, 2.45) is 0 Å². The first kappa shape index (κ1) is 16.3. The lowest BCUT2D eigenvalue weighted by molar-refractivity contribution is 0.0602. The molecule has 0 radical (unpaired) electrons. The Morgan fingerprint density at radius 1 is 1.38 bits per heavy atom. The number of esters is 1. The Morgan fingerprint density at radius 2 is 2.19 bits per heavy atom. The number of H-pyrrole nitrogens is 1. The number of pyridine rings is 1. The van der Waals surface area contributed by atoms with E-state index in [1.807, 2.05) is 6.26 Å². The molecule has 0 fully saturated rings. The molecule has 26 heavy (non-hydrogen) atoms. The standard InChI is InChI=1S/C15H13N7O3S/c1-7-10(13(24)25-2)11-16-6-8-9(22(11)20-7)4-5-21(12(8)23)14-17-15(26-3)19-18-14/h4-6H,1-3H3,(H,17,18,19). The van der Waals surface area contributed by atoms with E-state index < -0.39 is 5.97 Å². The van der Waals surface area contributed by atoms with Crippen molar-refractivity contribution >= 4 is 34.3 Å². The molecule has 0 bridgehead atoms. The molecule has 0 saturated carbocycles. The molecule has 0 spiro atoms. The number of thioether (sulfide) groups is 1. The summed E-state index contributed by atoms with van der Waals surface area (Å²) in [6.45, 7) is 1.69. The predicted molar refractivity (Wildman–Crippen MR) is 93.9 cm³/mol. The predicted octanol–water partition coefficient (Wildman–Crippen LogP) is 0.968. The van der Waals surface area contributed by atoms with E-state index in [0.717, 1.165) is 0 Å².